The molecule has 0 saturated carbocycles. The van der Waals surface area contributed by atoms with Gasteiger partial charge in [0.05, 0.1) is 25.3 Å². The van der Waals surface area contributed by atoms with Gasteiger partial charge in [0.1, 0.15) is 14.4 Å². The molecule has 0 aliphatic carbocycles. The number of hydrogen-bond acceptors (Lipinski definition) is 4. The van der Waals surface area contributed by atoms with Gasteiger partial charge in [-0.1, -0.05) is 0 Å². The molecule has 90 valence electrons. The van der Waals surface area contributed by atoms with Crippen molar-refractivity contribution < 1.29 is 18.8 Å². The van der Waals surface area contributed by atoms with Gasteiger partial charge in [-0.05, 0) is 0 Å². The Balaban J connectivity index is 3.40. The van der Waals surface area contributed by atoms with Crippen LogP contribution in [0.2, 0.25) is 0 Å². The molecule has 0 amide bonds. The van der Waals surface area contributed by atoms with Crippen LogP contribution in [0.25, 0.3) is 0 Å². The molecule has 0 saturated heterocycles. The summed E-state index contributed by atoms with van der Waals surface area (Å²) in [5, 5.41) is 0. The summed E-state index contributed by atoms with van der Waals surface area (Å²) >= 11 is 10.7. The van der Waals surface area contributed by atoms with Crippen molar-refractivity contribution in [3.05, 3.63) is 0 Å². The van der Waals surface area contributed by atoms with Crippen LogP contribution in [0.15, 0.2) is 0 Å². The molecule has 0 heterocycles. The zero-order valence-electron chi connectivity index (χ0n) is 8.34. The highest BCUT2D eigenvalue weighted by atomic mass is 35.5. The summed E-state index contributed by atoms with van der Waals surface area (Å²) in [7, 11) is -1.85. The molecule has 0 bridgehead atoms. The number of hydrogen-bond donors (Lipinski definition) is 0. The van der Waals surface area contributed by atoms with Crippen LogP contribution in [-0.2, 0) is 18.8 Å². The Labute approximate surface area is 100.0 Å². The molecule has 0 aromatic heterocycles. The minimum absolute atomic E-state index is 0.152. The molecule has 0 aliphatic rings. The van der Waals surface area contributed by atoms with Gasteiger partial charge in [0.15, 0.2) is 0 Å². The maximum Gasteiger partial charge on any atom is 0.306 e. The van der Waals surface area contributed by atoms with Crippen molar-refractivity contribution in [2.24, 2.45) is 0 Å². The smallest absolute Gasteiger partial charge is 0.306 e. The lowest BCUT2D eigenvalue weighted by molar-refractivity contribution is -0.142. The fourth-order valence-electron chi connectivity index (χ4n) is 0.779. The van der Waals surface area contributed by atoms with Gasteiger partial charge < -0.3 is 14.0 Å². The van der Waals surface area contributed by atoms with Gasteiger partial charge in [-0.2, -0.15) is 0 Å². The standard InChI is InChI=1S/C8H15Cl2O4P/c9-2-4-13-7-15(12)6-1-8(11)14-5-3-10/h15H,1-7H2. The van der Waals surface area contributed by atoms with E-state index in [4.69, 9.17) is 32.7 Å². The van der Waals surface area contributed by atoms with Crippen LogP contribution in [-0.4, -0.2) is 43.5 Å². The first-order valence-corrected chi connectivity index (χ1v) is 7.47. The molecule has 7 heteroatoms. The number of rotatable bonds is 9. The number of ether oxygens (including phenoxy) is 2. The zero-order valence-corrected chi connectivity index (χ0v) is 10.9. The van der Waals surface area contributed by atoms with Crippen molar-refractivity contribution in [2.45, 2.75) is 6.42 Å². The average molecular weight is 277 g/mol. The van der Waals surface area contributed by atoms with E-state index < -0.39 is 7.80 Å². The molecule has 0 spiro atoms. The second-order valence-corrected chi connectivity index (χ2v) is 5.31. The molecule has 1 atom stereocenters. The Hall–Kier alpha value is 0.240. The minimum atomic E-state index is -1.85. The van der Waals surface area contributed by atoms with Crippen LogP contribution >= 0.6 is 31.0 Å². The Morgan fingerprint density at radius 1 is 1.20 bits per heavy atom. The highest BCUT2D eigenvalue weighted by molar-refractivity contribution is 7.44. The van der Waals surface area contributed by atoms with Crippen LogP contribution in [0.4, 0.5) is 0 Å². The number of halogens is 2. The molecule has 0 aromatic rings. The molecule has 0 N–H and O–H groups in total. The van der Waals surface area contributed by atoms with Crippen LogP contribution in [0.3, 0.4) is 0 Å². The molecule has 0 fully saturated rings. The van der Waals surface area contributed by atoms with E-state index in [0.29, 0.717) is 18.6 Å². The first-order valence-electron chi connectivity index (χ1n) is 4.57. The summed E-state index contributed by atoms with van der Waals surface area (Å²) < 4.78 is 21.0. The van der Waals surface area contributed by atoms with Crippen LogP contribution in [0.1, 0.15) is 6.42 Å². The van der Waals surface area contributed by atoms with Crippen LogP contribution in [0.5, 0.6) is 0 Å². The predicted molar refractivity (Wildman–Crippen MR) is 61.7 cm³/mol. The maximum atomic E-state index is 11.3. The summed E-state index contributed by atoms with van der Waals surface area (Å²) in [6.07, 6.45) is 0.646. The molecule has 4 nitrogen and oxygen atoms in total. The van der Waals surface area contributed by atoms with E-state index in [2.05, 4.69) is 0 Å². The third-order valence-corrected chi connectivity index (χ3v) is 3.08. The molecule has 0 radical (unpaired) electrons. The van der Waals surface area contributed by atoms with E-state index in [1.807, 2.05) is 0 Å². The first kappa shape index (κ1) is 15.2. The lowest BCUT2D eigenvalue weighted by Crippen LogP contribution is -2.08. The maximum absolute atomic E-state index is 11.3. The van der Waals surface area contributed by atoms with Gasteiger partial charge >= 0.3 is 5.97 Å². The summed E-state index contributed by atoms with van der Waals surface area (Å²) in [6.45, 7) is 0.582. The Kier molecular flexibility index (Phi) is 10.9. The van der Waals surface area contributed by atoms with Gasteiger partial charge in [0, 0.05) is 12.0 Å². The molecule has 1 unspecified atom stereocenters. The predicted octanol–water partition coefficient (Wildman–Crippen LogP) is 1.93. The van der Waals surface area contributed by atoms with Gasteiger partial charge in [-0.25, -0.2) is 0 Å². The zero-order chi connectivity index (χ0) is 11.5. The number of esters is 1. The van der Waals surface area contributed by atoms with Crippen molar-refractivity contribution >= 4 is 37.0 Å². The van der Waals surface area contributed by atoms with Gasteiger partial charge in [0.25, 0.3) is 0 Å². The monoisotopic (exact) mass is 276 g/mol. The Morgan fingerprint density at radius 2 is 1.87 bits per heavy atom. The summed E-state index contributed by atoms with van der Waals surface area (Å²) in [4.78, 5) is 11.0. The third-order valence-electron chi connectivity index (χ3n) is 1.43. The number of carbonyl (C=O) groups is 1. The summed E-state index contributed by atoms with van der Waals surface area (Å²) in [5.41, 5.74) is 0. The second kappa shape index (κ2) is 10.7. The van der Waals surface area contributed by atoms with Gasteiger partial charge in [-0.3, -0.25) is 4.79 Å². The van der Waals surface area contributed by atoms with Gasteiger partial charge in [-0.15, -0.1) is 23.2 Å². The average Bonchev–Trinajstić information content (AvgIpc) is 2.24. The van der Waals surface area contributed by atoms with Crippen LogP contribution in [0, 0.1) is 0 Å². The fourth-order valence-corrected chi connectivity index (χ4v) is 1.96. The number of carbonyl (C=O) groups excluding carboxylic acids is 1. The quantitative estimate of drug-likeness (QED) is 0.280. The lowest BCUT2D eigenvalue weighted by atomic mass is 10.5. The lowest BCUT2D eigenvalue weighted by Gasteiger charge is -2.03. The Morgan fingerprint density at radius 3 is 2.47 bits per heavy atom. The fraction of sp³-hybridized carbons (Fsp3) is 0.875. The SMILES string of the molecule is O=C(CC[PH](=O)COCCCl)OCCCl. The van der Waals surface area contributed by atoms with E-state index >= 15 is 0 Å². The van der Waals surface area contributed by atoms with Crippen LogP contribution < -0.4 is 0 Å². The summed E-state index contributed by atoms with van der Waals surface area (Å²) in [6, 6.07) is 0. The van der Waals surface area contributed by atoms with E-state index in [1.54, 1.807) is 0 Å². The highest BCUT2D eigenvalue weighted by Gasteiger charge is 2.06. The minimum Gasteiger partial charge on any atom is -0.464 e. The highest BCUT2D eigenvalue weighted by Crippen LogP contribution is 2.21. The third kappa shape index (κ3) is 10.5. The van der Waals surface area contributed by atoms with E-state index in [9.17, 15) is 9.36 Å². The molecule has 0 rings (SSSR count). The normalized spacial score (nSPS) is 12.4. The Bertz CT molecular complexity index is 201. The summed E-state index contributed by atoms with van der Waals surface area (Å²) in [5.74, 6) is 0.290. The molecule has 0 aromatic carbocycles. The van der Waals surface area contributed by atoms with E-state index in [-0.39, 0.29) is 31.2 Å². The molecular formula is C8H15Cl2O4P. The second-order valence-electron chi connectivity index (χ2n) is 2.69. The van der Waals surface area contributed by atoms with Crippen molar-refractivity contribution in [3.8, 4) is 0 Å². The van der Waals surface area contributed by atoms with Crippen molar-refractivity contribution in [2.75, 3.05) is 37.5 Å². The van der Waals surface area contributed by atoms with Crippen molar-refractivity contribution in [1.82, 2.24) is 0 Å². The topological polar surface area (TPSA) is 52.6 Å². The number of alkyl halides is 2. The van der Waals surface area contributed by atoms with Crippen molar-refractivity contribution in [1.29, 1.82) is 0 Å². The van der Waals surface area contributed by atoms with E-state index in [0.717, 1.165) is 0 Å². The first-order chi connectivity index (χ1) is 7.20. The van der Waals surface area contributed by atoms with Crippen molar-refractivity contribution in [3.63, 3.8) is 0 Å². The molecule has 0 aliphatic heterocycles. The van der Waals surface area contributed by atoms with Gasteiger partial charge in [0.2, 0.25) is 0 Å². The largest absolute Gasteiger partial charge is 0.464 e. The molecular weight excluding hydrogens is 262 g/mol. The van der Waals surface area contributed by atoms with E-state index in [1.165, 1.54) is 0 Å². The molecule has 15 heavy (non-hydrogen) atoms.